The molecule has 1 atom stereocenters. The monoisotopic (exact) mass is 321 g/mol. The van der Waals surface area contributed by atoms with Gasteiger partial charge in [0.15, 0.2) is 0 Å². The highest BCUT2D eigenvalue weighted by molar-refractivity contribution is 9.10. The molecule has 0 bridgehead atoms. The van der Waals surface area contributed by atoms with Crippen LogP contribution in [0.2, 0.25) is 0 Å². The number of halogens is 1. The van der Waals surface area contributed by atoms with E-state index in [2.05, 4.69) is 31.0 Å². The molecule has 0 saturated heterocycles. The molecule has 0 amide bonds. The molecule has 0 aliphatic rings. The number of hydrogen-bond donors (Lipinski definition) is 2. The fraction of sp³-hybridized carbons (Fsp3) is 0.500. The Labute approximate surface area is 110 Å². The summed E-state index contributed by atoms with van der Waals surface area (Å²) < 4.78 is 27.0. The normalized spacial score (nSPS) is 13.6. The third-order valence-corrected chi connectivity index (χ3v) is 3.99. The van der Waals surface area contributed by atoms with E-state index in [1.165, 1.54) is 12.3 Å². The number of pyridine rings is 1. The van der Waals surface area contributed by atoms with Crippen molar-refractivity contribution >= 4 is 26.0 Å². The molecule has 1 unspecified atom stereocenters. The number of hydrogen-bond acceptors (Lipinski definition) is 4. The average molecular weight is 322 g/mol. The maximum Gasteiger partial charge on any atom is 0.242 e. The minimum absolute atomic E-state index is 0.170. The summed E-state index contributed by atoms with van der Waals surface area (Å²) in [6, 6.07) is 1.53. The molecule has 0 fully saturated rings. The maximum atomic E-state index is 11.9. The summed E-state index contributed by atoms with van der Waals surface area (Å²) in [6.07, 6.45) is 2.87. The molecule has 96 valence electrons. The second kappa shape index (κ2) is 6.44. The summed E-state index contributed by atoms with van der Waals surface area (Å²) in [7, 11) is -1.63. The minimum atomic E-state index is -3.47. The molecule has 5 nitrogen and oxygen atoms in total. The second-order valence-corrected chi connectivity index (χ2v) is 6.54. The number of nitrogens with zero attached hydrogens (tertiary/aromatic N) is 1. The number of aromatic nitrogens is 1. The van der Waals surface area contributed by atoms with Crippen LogP contribution in [0, 0.1) is 5.92 Å². The molecule has 2 N–H and O–H groups in total. The van der Waals surface area contributed by atoms with E-state index >= 15 is 0 Å². The number of nitrogens with one attached hydrogen (secondary N) is 2. The zero-order valence-electron chi connectivity index (χ0n) is 9.77. The van der Waals surface area contributed by atoms with Crippen molar-refractivity contribution in [2.24, 2.45) is 5.92 Å². The van der Waals surface area contributed by atoms with Gasteiger partial charge in [-0.2, -0.15) is 0 Å². The van der Waals surface area contributed by atoms with E-state index in [4.69, 9.17) is 0 Å². The lowest BCUT2D eigenvalue weighted by molar-refractivity contribution is 0.519. The Hall–Kier alpha value is -0.500. The van der Waals surface area contributed by atoms with Gasteiger partial charge in [0.25, 0.3) is 0 Å². The molecule has 0 aliphatic carbocycles. The van der Waals surface area contributed by atoms with E-state index < -0.39 is 10.0 Å². The van der Waals surface area contributed by atoms with E-state index in [-0.39, 0.29) is 10.8 Å². The Bertz CT molecular complexity index is 464. The molecule has 0 aliphatic heterocycles. The fourth-order valence-electron chi connectivity index (χ4n) is 1.30. The van der Waals surface area contributed by atoms with E-state index in [9.17, 15) is 8.42 Å². The highest BCUT2D eigenvalue weighted by Gasteiger charge is 2.15. The molecule has 1 heterocycles. The second-order valence-electron chi connectivity index (χ2n) is 3.85. The van der Waals surface area contributed by atoms with Crippen molar-refractivity contribution < 1.29 is 8.42 Å². The van der Waals surface area contributed by atoms with Crippen molar-refractivity contribution in [3.8, 4) is 0 Å². The third kappa shape index (κ3) is 4.71. The molecule has 17 heavy (non-hydrogen) atoms. The summed E-state index contributed by atoms with van der Waals surface area (Å²) in [6.45, 7) is 3.13. The third-order valence-electron chi connectivity index (χ3n) is 2.16. The molecular formula is C10H16BrN3O2S. The van der Waals surface area contributed by atoms with Crippen LogP contribution in [0.3, 0.4) is 0 Å². The maximum absolute atomic E-state index is 11.9. The van der Waals surface area contributed by atoms with Gasteiger partial charge in [-0.25, -0.2) is 13.1 Å². The molecule has 1 aromatic heterocycles. The summed E-state index contributed by atoms with van der Waals surface area (Å²) in [5.74, 6) is 0.231. The van der Waals surface area contributed by atoms with Gasteiger partial charge in [-0.3, -0.25) is 4.98 Å². The SMILES string of the molecule is CNCC(C)CNS(=O)(=O)c1cncc(Br)c1. The average Bonchev–Trinajstić information content (AvgIpc) is 2.27. The fourth-order valence-corrected chi connectivity index (χ4v) is 2.96. The van der Waals surface area contributed by atoms with E-state index in [0.29, 0.717) is 11.0 Å². The Morgan fingerprint density at radius 2 is 2.12 bits per heavy atom. The first-order valence-corrected chi connectivity index (χ1v) is 7.48. The predicted molar refractivity (Wildman–Crippen MR) is 70.2 cm³/mol. The van der Waals surface area contributed by atoms with Gasteiger partial charge in [0.2, 0.25) is 10.0 Å². The Kier molecular flexibility index (Phi) is 5.51. The first kappa shape index (κ1) is 14.6. The van der Waals surface area contributed by atoms with Gasteiger partial charge in [-0.15, -0.1) is 0 Å². The quantitative estimate of drug-likeness (QED) is 0.819. The lowest BCUT2D eigenvalue weighted by Gasteiger charge is -2.12. The Morgan fingerprint density at radius 3 is 2.71 bits per heavy atom. The van der Waals surface area contributed by atoms with Crippen molar-refractivity contribution in [1.29, 1.82) is 0 Å². The van der Waals surface area contributed by atoms with Crippen LogP contribution in [0.4, 0.5) is 0 Å². The first-order valence-electron chi connectivity index (χ1n) is 5.20. The summed E-state index contributed by atoms with van der Waals surface area (Å²) >= 11 is 3.19. The van der Waals surface area contributed by atoms with Crippen molar-refractivity contribution in [3.63, 3.8) is 0 Å². The van der Waals surface area contributed by atoms with Crippen molar-refractivity contribution in [2.75, 3.05) is 20.1 Å². The molecule has 1 rings (SSSR count). The highest BCUT2D eigenvalue weighted by Crippen LogP contribution is 2.14. The van der Waals surface area contributed by atoms with Crippen LogP contribution in [0.1, 0.15) is 6.92 Å². The molecule has 0 spiro atoms. The summed E-state index contributed by atoms with van der Waals surface area (Å²) in [5, 5.41) is 3.00. The van der Waals surface area contributed by atoms with Crippen LogP contribution in [0.5, 0.6) is 0 Å². The predicted octanol–water partition coefficient (Wildman–Crippen LogP) is 0.978. The number of rotatable bonds is 6. The molecule has 7 heteroatoms. The molecule has 0 radical (unpaired) electrons. The lowest BCUT2D eigenvalue weighted by Crippen LogP contribution is -2.32. The van der Waals surface area contributed by atoms with Crippen LogP contribution in [-0.4, -0.2) is 33.5 Å². The van der Waals surface area contributed by atoms with Crippen LogP contribution >= 0.6 is 15.9 Å². The van der Waals surface area contributed by atoms with Crippen LogP contribution in [-0.2, 0) is 10.0 Å². The van der Waals surface area contributed by atoms with Crippen LogP contribution in [0.15, 0.2) is 27.8 Å². The van der Waals surface area contributed by atoms with Gasteiger partial charge < -0.3 is 5.32 Å². The standard InChI is InChI=1S/C10H16BrN3O2S/c1-8(4-12-2)5-14-17(15,16)10-3-9(11)6-13-7-10/h3,6-8,12,14H,4-5H2,1-2H3. The number of sulfonamides is 1. The zero-order chi connectivity index (χ0) is 12.9. The molecule has 0 aromatic carbocycles. The topological polar surface area (TPSA) is 71.1 Å². The van der Waals surface area contributed by atoms with Crippen molar-refractivity contribution in [1.82, 2.24) is 15.0 Å². The van der Waals surface area contributed by atoms with E-state index in [0.717, 1.165) is 6.54 Å². The summed E-state index contributed by atoms with van der Waals surface area (Å²) in [4.78, 5) is 4.01. The van der Waals surface area contributed by atoms with Gasteiger partial charge in [0.1, 0.15) is 4.90 Å². The molecular weight excluding hydrogens is 306 g/mol. The van der Waals surface area contributed by atoms with Crippen molar-refractivity contribution in [2.45, 2.75) is 11.8 Å². The Balaban J connectivity index is 2.69. The summed E-state index contributed by atoms with van der Waals surface area (Å²) in [5.41, 5.74) is 0. The smallest absolute Gasteiger partial charge is 0.242 e. The van der Waals surface area contributed by atoms with Gasteiger partial charge in [0, 0.05) is 23.4 Å². The van der Waals surface area contributed by atoms with E-state index in [1.54, 1.807) is 6.20 Å². The van der Waals surface area contributed by atoms with Gasteiger partial charge in [-0.05, 0) is 41.5 Å². The lowest BCUT2D eigenvalue weighted by atomic mass is 10.2. The molecule has 0 saturated carbocycles. The van der Waals surface area contributed by atoms with Crippen molar-refractivity contribution in [3.05, 3.63) is 22.9 Å². The van der Waals surface area contributed by atoms with Gasteiger partial charge >= 0.3 is 0 Å². The largest absolute Gasteiger partial charge is 0.319 e. The first-order chi connectivity index (χ1) is 7.95. The Morgan fingerprint density at radius 1 is 1.41 bits per heavy atom. The zero-order valence-corrected chi connectivity index (χ0v) is 12.2. The van der Waals surface area contributed by atoms with Gasteiger partial charge in [-0.1, -0.05) is 6.92 Å². The minimum Gasteiger partial charge on any atom is -0.319 e. The van der Waals surface area contributed by atoms with Gasteiger partial charge in [0.05, 0.1) is 0 Å². The molecule has 1 aromatic rings. The van der Waals surface area contributed by atoms with Crippen LogP contribution < -0.4 is 10.0 Å². The van der Waals surface area contributed by atoms with E-state index in [1.807, 2.05) is 14.0 Å². The highest BCUT2D eigenvalue weighted by atomic mass is 79.9. The van der Waals surface area contributed by atoms with Crippen LogP contribution in [0.25, 0.3) is 0 Å².